The van der Waals surface area contributed by atoms with E-state index in [4.69, 9.17) is 11.6 Å². The van der Waals surface area contributed by atoms with Gasteiger partial charge in [0.15, 0.2) is 0 Å². The number of aromatic nitrogens is 2. The topological polar surface area (TPSA) is 54.9 Å². The maximum atomic E-state index is 12.1. The summed E-state index contributed by atoms with van der Waals surface area (Å²) in [4.78, 5) is 20.5. The molecule has 4 nitrogen and oxygen atoms in total. The van der Waals surface area contributed by atoms with E-state index in [0.29, 0.717) is 5.03 Å². The number of carbonyl (C=O) groups excluding carboxylic acids is 1. The van der Waals surface area contributed by atoms with Crippen molar-refractivity contribution in [1.29, 1.82) is 0 Å². The number of anilines is 1. The SMILES string of the molecule is Cc1ccc2nc(Cl)nc(SCC(=O)Nc3ccccc3)c2c1. The van der Waals surface area contributed by atoms with Gasteiger partial charge in [-0.1, -0.05) is 41.6 Å². The summed E-state index contributed by atoms with van der Waals surface area (Å²) < 4.78 is 0. The van der Waals surface area contributed by atoms with Crippen LogP contribution in [0.15, 0.2) is 53.6 Å². The van der Waals surface area contributed by atoms with E-state index < -0.39 is 0 Å². The molecule has 0 saturated carbocycles. The highest BCUT2D eigenvalue weighted by Gasteiger charge is 2.10. The van der Waals surface area contributed by atoms with Crippen LogP contribution in [0.5, 0.6) is 0 Å². The summed E-state index contributed by atoms with van der Waals surface area (Å²) >= 11 is 7.33. The predicted molar refractivity (Wildman–Crippen MR) is 95.1 cm³/mol. The van der Waals surface area contributed by atoms with E-state index in [2.05, 4.69) is 15.3 Å². The predicted octanol–water partition coefficient (Wildman–Crippen LogP) is 4.32. The molecule has 0 fully saturated rings. The molecule has 0 unspecified atom stereocenters. The third-order valence-corrected chi connectivity index (χ3v) is 4.35. The van der Waals surface area contributed by atoms with Crippen molar-refractivity contribution in [2.24, 2.45) is 0 Å². The molecule has 1 N–H and O–H groups in total. The Hall–Kier alpha value is -2.11. The van der Waals surface area contributed by atoms with Crippen molar-refractivity contribution < 1.29 is 4.79 Å². The van der Waals surface area contributed by atoms with Crippen molar-refractivity contribution in [2.45, 2.75) is 11.9 Å². The zero-order valence-electron chi connectivity index (χ0n) is 12.4. The van der Waals surface area contributed by atoms with Gasteiger partial charge in [0.05, 0.1) is 11.3 Å². The monoisotopic (exact) mass is 343 g/mol. The van der Waals surface area contributed by atoms with Gasteiger partial charge in [0.1, 0.15) is 5.03 Å². The third-order valence-electron chi connectivity index (χ3n) is 3.19. The van der Waals surface area contributed by atoms with Crippen molar-refractivity contribution in [1.82, 2.24) is 9.97 Å². The lowest BCUT2D eigenvalue weighted by Gasteiger charge is -2.07. The Bertz CT molecular complexity index is 855. The fourth-order valence-corrected chi connectivity index (χ4v) is 3.19. The van der Waals surface area contributed by atoms with Crippen LogP contribution >= 0.6 is 23.4 Å². The summed E-state index contributed by atoms with van der Waals surface area (Å²) in [5.41, 5.74) is 2.67. The van der Waals surface area contributed by atoms with Crippen molar-refractivity contribution in [3.8, 4) is 0 Å². The number of carbonyl (C=O) groups is 1. The maximum Gasteiger partial charge on any atom is 0.234 e. The molecule has 0 aliphatic carbocycles. The minimum atomic E-state index is -0.0864. The first-order valence-corrected chi connectivity index (χ1v) is 8.40. The van der Waals surface area contributed by atoms with Gasteiger partial charge in [0, 0.05) is 11.1 Å². The molecule has 0 saturated heterocycles. The number of nitrogens with one attached hydrogen (secondary N) is 1. The van der Waals surface area contributed by atoms with Gasteiger partial charge in [-0.3, -0.25) is 4.79 Å². The van der Waals surface area contributed by atoms with Gasteiger partial charge in [0.2, 0.25) is 11.2 Å². The normalized spacial score (nSPS) is 10.7. The second-order valence-electron chi connectivity index (χ2n) is 5.02. The third kappa shape index (κ3) is 4.00. The first kappa shape index (κ1) is 15.8. The molecule has 1 aromatic heterocycles. The van der Waals surface area contributed by atoms with Crippen LogP contribution < -0.4 is 5.32 Å². The van der Waals surface area contributed by atoms with Gasteiger partial charge in [-0.05, 0) is 42.8 Å². The smallest absolute Gasteiger partial charge is 0.234 e. The summed E-state index contributed by atoms with van der Waals surface area (Å²) in [5.74, 6) is 0.169. The van der Waals surface area contributed by atoms with Gasteiger partial charge in [-0.15, -0.1) is 0 Å². The zero-order valence-corrected chi connectivity index (χ0v) is 14.0. The van der Waals surface area contributed by atoms with E-state index >= 15 is 0 Å². The first-order chi connectivity index (χ1) is 11.1. The summed E-state index contributed by atoms with van der Waals surface area (Å²) in [6.07, 6.45) is 0. The van der Waals surface area contributed by atoms with Gasteiger partial charge in [-0.2, -0.15) is 0 Å². The quantitative estimate of drug-likeness (QED) is 0.435. The highest BCUT2D eigenvalue weighted by atomic mass is 35.5. The Morgan fingerprint density at radius 1 is 1.17 bits per heavy atom. The van der Waals surface area contributed by atoms with Gasteiger partial charge in [0.25, 0.3) is 0 Å². The van der Waals surface area contributed by atoms with Gasteiger partial charge in [-0.25, -0.2) is 9.97 Å². The fraction of sp³-hybridized carbons (Fsp3) is 0.118. The van der Waals surface area contributed by atoms with E-state index in [-0.39, 0.29) is 16.9 Å². The van der Waals surface area contributed by atoms with Crippen LogP contribution in [0.4, 0.5) is 5.69 Å². The van der Waals surface area contributed by atoms with Gasteiger partial charge < -0.3 is 5.32 Å². The number of halogens is 1. The van der Waals surface area contributed by atoms with Crippen molar-refractivity contribution in [3.05, 3.63) is 59.4 Å². The lowest BCUT2D eigenvalue weighted by atomic mass is 10.2. The number of fused-ring (bicyclic) bond motifs is 1. The molecule has 3 aromatic rings. The van der Waals surface area contributed by atoms with Crippen LogP contribution in [0.1, 0.15) is 5.56 Å². The number of hydrogen-bond acceptors (Lipinski definition) is 4. The highest BCUT2D eigenvalue weighted by Crippen LogP contribution is 2.27. The maximum absolute atomic E-state index is 12.1. The molecule has 1 heterocycles. The number of amides is 1. The summed E-state index contributed by atoms with van der Waals surface area (Å²) in [5, 5.41) is 4.66. The molecule has 0 spiro atoms. The molecule has 116 valence electrons. The second kappa shape index (κ2) is 6.98. The molecular weight excluding hydrogens is 330 g/mol. The number of rotatable bonds is 4. The number of thioether (sulfide) groups is 1. The first-order valence-electron chi connectivity index (χ1n) is 7.03. The van der Waals surface area contributed by atoms with Crippen LogP contribution in [0.3, 0.4) is 0 Å². The molecular formula is C17H14ClN3OS. The van der Waals surface area contributed by atoms with E-state index in [1.54, 1.807) is 0 Å². The van der Waals surface area contributed by atoms with Crippen LogP contribution in [0, 0.1) is 6.92 Å². The molecule has 0 atom stereocenters. The second-order valence-corrected chi connectivity index (χ2v) is 6.32. The van der Waals surface area contributed by atoms with Crippen LogP contribution in [-0.2, 0) is 4.79 Å². The van der Waals surface area contributed by atoms with E-state index in [1.165, 1.54) is 11.8 Å². The largest absolute Gasteiger partial charge is 0.325 e. The average molecular weight is 344 g/mol. The number of para-hydroxylation sites is 1. The molecule has 0 bridgehead atoms. The summed E-state index contributed by atoms with van der Waals surface area (Å²) in [7, 11) is 0. The minimum Gasteiger partial charge on any atom is -0.325 e. The van der Waals surface area contributed by atoms with Crippen molar-refractivity contribution >= 4 is 45.9 Å². The van der Waals surface area contributed by atoms with Crippen LogP contribution in [0.2, 0.25) is 5.28 Å². The number of benzene rings is 2. The summed E-state index contributed by atoms with van der Waals surface area (Å²) in [6.45, 7) is 2.00. The Morgan fingerprint density at radius 3 is 2.74 bits per heavy atom. The molecule has 0 radical (unpaired) electrons. The molecule has 23 heavy (non-hydrogen) atoms. The number of nitrogens with zero attached hydrogens (tertiary/aromatic N) is 2. The molecule has 0 aliphatic rings. The Kier molecular flexibility index (Phi) is 4.79. The molecule has 6 heteroatoms. The van der Waals surface area contributed by atoms with E-state index in [9.17, 15) is 4.79 Å². The van der Waals surface area contributed by atoms with E-state index in [0.717, 1.165) is 22.2 Å². The highest BCUT2D eigenvalue weighted by molar-refractivity contribution is 8.00. The molecule has 0 aliphatic heterocycles. The fourth-order valence-electron chi connectivity index (χ4n) is 2.15. The van der Waals surface area contributed by atoms with Gasteiger partial charge >= 0.3 is 0 Å². The molecule has 2 aromatic carbocycles. The average Bonchev–Trinajstić information content (AvgIpc) is 2.54. The van der Waals surface area contributed by atoms with Crippen LogP contribution in [0.25, 0.3) is 10.9 Å². The van der Waals surface area contributed by atoms with Crippen molar-refractivity contribution in [3.63, 3.8) is 0 Å². The Balaban J connectivity index is 1.76. The van der Waals surface area contributed by atoms with E-state index in [1.807, 2.05) is 55.5 Å². The number of hydrogen-bond donors (Lipinski definition) is 1. The molecule has 3 rings (SSSR count). The lowest BCUT2D eigenvalue weighted by molar-refractivity contribution is -0.113. The van der Waals surface area contributed by atoms with Crippen molar-refractivity contribution in [2.75, 3.05) is 11.1 Å². The Labute approximate surface area is 143 Å². The molecule has 1 amide bonds. The van der Waals surface area contributed by atoms with Crippen LogP contribution in [-0.4, -0.2) is 21.6 Å². The summed E-state index contributed by atoms with van der Waals surface area (Å²) in [6, 6.07) is 15.2. The Morgan fingerprint density at radius 2 is 1.96 bits per heavy atom. The number of aryl methyl sites for hydroxylation is 1. The zero-order chi connectivity index (χ0) is 16.2. The lowest BCUT2D eigenvalue weighted by Crippen LogP contribution is -2.14. The standard InChI is InChI=1S/C17H14ClN3OS/c1-11-7-8-14-13(9-11)16(21-17(18)20-14)23-10-15(22)19-12-5-3-2-4-6-12/h2-9H,10H2,1H3,(H,19,22). The minimum absolute atomic E-state index is 0.0864.